The Kier molecular flexibility index (Phi) is 6.17. The third-order valence-electron chi connectivity index (χ3n) is 4.77. The summed E-state index contributed by atoms with van der Waals surface area (Å²) < 4.78 is 32.7. The number of likely N-dealkylation sites (N-methyl/N-ethyl adjacent to an activating group) is 1. The molecule has 1 saturated heterocycles. The van der Waals surface area contributed by atoms with Crippen molar-refractivity contribution in [1.29, 1.82) is 5.26 Å². The minimum absolute atomic E-state index is 0.0870. The lowest BCUT2D eigenvalue weighted by Gasteiger charge is -2.31. The van der Waals surface area contributed by atoms with Gasteiger partial charge in [0.1, 0.15) is 5.75 Å². The third kappa shape index (κ3) is 4.56. The zero-order valence-electron chi connectivity index (χ0n) is 16.3. The summed E-state index contributed by atoms with van der Waals surface area (Å²) in [7, 11) is -0.296. The van der Waals surface area contributed by atoms with E-state index in [0.29, 0.717) is 43.1 Å². The van der Waals surface area contributed by atoms with Gasteiger partial charge in [-0.15, -0.1) is 0 Å². The molecule has 0 saturated carbocycles. The zero-order chi connectivity index (χ0) is 21.0. The standard InChI is InChI=1S/C20H22N4O4S/c1-23-8-10-24(11-9-23)29(26,27)17-6-7-19(28-2)18(13-17)22-20(25)16-5-3-4-15(12-16)14-21/h3-7,12-13H,8-11H2,1-2H3,(H,22,25). The van der Waals surface area contributed by atoms with Crippen LogP contribution in [0.1, 0.15) is 15.9 Å². The highest BCUT2D eigenvalue weighted by Crippen LogP contribution is 2.29. The van der Waals surface area contributed by atoms with E-state index >= 15 is 0 Å². The second-order valence-corrected chi connectivity index (χ2v) is 8.65. The predicted molar refractivity (Wildman–Crippen MR) is 108 cm³/mol. The molecule has 9 heteroatoms. The van der Waals surface area contributed by atoms with Gasteiger partial charge in [0.05, 0.1) is 29.3 Å². The van der Waals surface area contributed by atoms with Gasteiger partial charge < -0.3 is 15.0 Å². The predicted octanol–water partition coefficient (Wildman–Crippen LogP) is 1.76. The van der Waals surface area contributed by atoms with Crippen LogP contribution in [0.15, 0.2) is 47.4 Å². The van der Waals surface area contributed by atoms with Crippen LogP contribution in [0.2, 0.25) is 0 Å². The fourth-order valence-corrected chi connectivity index (χ4v) is 4.50. The number of sulfonamides is 1. The quantitative estimate of drug-likeness (QED) is 0.800. The number of anilines is 1. The normalized spacial score (nSPS) is 15.5. The number of piperazine rings is 1. The van der Waals surface area contributed by atoms with E-state index in [4.69, 9.17) is 10.00 Å². The lowest BCUT2D eigenvalue weighted by atomic mass is 10.1. The first-order valence-corrected chi connectivity index (χ1v) is 10.5. The van der Waals surface area contributed by atoms with Crippen LogP contribution in [-0.2, 0) is 10.0 Å². The highest BCUT2D eigenvalue weighted by molar-refractivity contribution is 7.89. The van der Waals surface area contributed by atoms with Gasteiger partial charge in [-0.1, -0.05) is 6.07 Å². The van der Waals surface area contributed by atoms with E-state index in [1.165, 1.54) is 35.7 Å². The van der Waals surface area contributed by atoms with E-state index < -0.39 is 15.9 Å². The van der Waals surface area contributed by atoms with Crippen molar-refractivity contribution in [3.63, 3.8) is 0 Å². The Morgan fingerprint density at radius 2 is 1.86 bits per heavy atom. The van der Waals surface area contributed by atoms with Crippen LogP contribution in [0, 0.1) is 11.3 Å². The van der Waals surface area contributed by atoms with Gasteiger partial charge >= 0.3 is 0 Å². The summed E-state index contributed by atoms with van der Waals surface area (Å²) in [5.74, 6) is -0.123. The highest BCUT2D eigenvalue weighted by atomic mass is 32.2. The fourth-order valence-electron chi connectivity index (χ4n) is 3.05. The van der Waals surface area contributed by atoms with Gasteiger partial charge in [0, 0.05) is 31.7 Å². The van der Waals surface area contributed by atoms with Gasteiger partial charge in [0.25, 0.3) is 5.91 Å². The molecule has 152 valence electrons. The molecule has 0 unspecified atom stereocenters. The molecule has 3 rings (SSSR count). The Morgan fingerprint density at radius 1 is 1.14 bits per heavy atom. The first-order chi connectivity index (χ1) is 13.8. The number of amides is 1. The number of nitrogens with zero attached hydrogens (tertiary/aromatic N) is 3. The summed E-state index contributed by atoms with van der Waals surface area (Å²) in [5.41, 5.74) is 0.893. The highest BCUT2D eigenvalue weighted by Gasteiger charge is 2.28. The monoisotopic (exact) mass is 414 g/mol. The summed E-state index contributed by atoms with van der Waals surface area (Å²) in [5, 5.41) is 11.7. The Labute approximate surface area is 170 Å². The van der Waals surface area contributed by atoms with Crippen LogP contribution in [0.5, 0.6) is 5.75 Å². The molecular weight excluding hydrogens is 392 g/mol. The average Bonchev–Trinajstić information content (AvgIpc) is 2.74. The Bertz CT molecular complexity index is 1050. The van der Waals surface area contributed by atoms with E-state index in [1.807, 2.05) is 13.1 Å². The number of hydrogen-bond donors (Lipinski definition) is 1. The molecule has 2 aromatic carbocycles. The minimum Gasteiger partial charge on any atom is -0.495 e. The van der Waals surface area contributed by atoms with Gasteiger partial charge in [-0.3, -0.25) is 4.79 Å². The first-order valence-electron chi connectivity index (χ1n) is 9.03. The van der Waals surface area contributed by atoms with Crippen molar-refractivity contribution < 1.29 is 17.9 Å². The number of carbonyl (C=O) groups excluding carboxylic acids is 1. The van der Waals surface area contributed by atoms with Crippen molar-refractivity contribution in [3.05, 3.63) is 53.6 Å². The molecule has 0 aliphatic carbocycles. The molecule has 8 nitrogen and oxygen atoms in total. The number of nitriles is 1. The fraction of sp³-hybridized carbons (Fsp3) is 0.300. The van der Waals surface area contributed by atoms with Crippen molar-refractivity contribution in [2.75, 3.05) is 45.7 Å². The van der Waals surface area contributed by atoms with Gasteiger partial charge in [-0.25, -0.2) is 8.42 Å². The molecule has 1 fully saturated rings. The van der Waals surface area contributed by atoms with Crippen LogP contribution >= 0.6 is 0 Å². The van der Waals surface area contributed by atoms with E-state index in [0.717, 1.165) is 0 Å². The van der Waals surface area contributed by atoms with Gasteiger partial charge in [-0.05, 0) is 43.4 Å². The number of benzene rings is 2. The molecule has 2 aromatic rings. The van der Waals surface area contributed by atoms with Gasteiger partial charge in [0.15, 0.2) is 0 Å². The van der Waals surface area contributed by atoms with Crippen LogP contribution in [0.25, 0.3) is 0 Å². The maximum Gasteiger partial charge on any atom is 0.255 e. The summed E-state index contributed by atoms with van der Waals surface area (Å²) in [6, 6.07) is 12.6. The van der Waals surface area contributed by atoms with Crippen LogP contribution < -0.4 is 10.1 Å². The van der Waals surface area contributed by atoms with Crippen molar-refractivity contribution in [1.82, 2.24) is 9.21 Å². The van der Waals surface area contributed by atoms with E-state index in [-0.39, 0.29) is 10.6 Å². The number of nitrogens with one attached hydrogen (secondary N) is 1. The molecule has 0 bridgehead atoms. The van der Waals surface area contributed by atoms with Gasteiger partial charge in [0.2, 0.25) is 10.0 Å². The van der Waals surface area contributed by atoms with E-state index in [2.05, 4.69) is 10.2 Å². The lowest BCUT2D eigenvalue weighted by Crippen LogP contribution is -2.47. The Morgan fingerprint density at radius 3 is 2.52 bits per heavy atom. The number of methoxy groups -OCH3 is 1. The number of carbonyl (C=O) groups is 1. The Hall–Kier alpha value is -2.93. The van der Waals surface area contributed by atoms with Crippen molar-refractivity contribution in [3.8, 4) is 11.8 Å². The summed E-state index contributed by atoms with van der Waals surface area (Å²) in [4.78, 5) is 14.8. The second-order valence-electron chi connectivity index (χ2n) is 6.72. The largest absolute Gasteiger partial charge is 0.495 e. The summed E-state index contributed by atoms with van der Waals surface area (Å²) in [6.07, 6.45) is 0. The molecule has 0 spiro atoms. The van der Waals surface area contributed by atoms with Crippen molar-refractivity contribution in [2.24, 2.45) is 0 Å². The smallest absolute Gasteiger partial charge is 0.255 e. The third-order valence-corrected chi connectivity index (χ3v) is 6.67. The lowest BCUT2D eigenvalue weighted by molar-refractivity contribution is 0.102. The van der Waals surface area contributed by atoms with Crippen molar-refractivity contribution in [2.45, 2.75) is 4.90 Å². The molecule has 1 N–H and O–H groups in total. The minimum atomic E-state index is -3.69. The first kappa shape index (κ1) is 20.8. The van der Waals surface area contributed by atoms with E-state index in [1.54, 1.807) is 18.2 Å². The van der Waals surface area contributed by atoms with Crippen LogP contribution in [-0.4, -0.2) is 63.9 Å². The average molecular weight is 414 g/mol. The van der Waals surface area contributed by atoms with Gasteiger partial charge in [-0.2, -0.15) is 9.57 Å². The molecular formula is C20H22N4O4S. The maximum absolute atomic E-state index is 13.0. The molecule has 0 atom stereocenters. The summed E-state index contributed by atoms with van der Waals surface area (Å²) in [6.45, 7) is 2.14. The maximum atomic E-state index is 13.0. The SMILES string of the molecule is COc1ccc(S(=O)(=O)N2CCN(C)CC2)cc1NC(=O)c1cccc(C#N)c1. The number of rotatable bonds is 5. The van der Waals surface area contributed by atoms with Crippen molar-refractivity contribution >= 4 is 21.6 Å². The van der Waals surface area contributed by atoms with Crippen LogP contribution in [0.4, 0.5) is 5.69 Å². The molecule has 29 heavy (non-hydrogen) atoms. The molecule has 0 radical (unpaired) electrons. The van der Waals surface area contributed by atoms with Crippen LogP contribution in [0.3, 0.4) is 0 Å². The summed E-state index contributed by atoms with van der Waals surface area (Å²) >= 11 is 0. The molecule has 1 heterocycles. The molecule has 1 aliphatic rings. The zero-order valence-corrected chi connectivity index (χ0v) is 17.1. The second kappa shape index (κ2) is 8.61. The van der Waals surface area contributed by atoms with E-state index in [9.17, 15) is 13.2 Å². The Balaban J connectivity index is 1.89. The topological polar surface area (TPSA) is 103 Å². The molecule has 0 aromatic heterocycles. The number of hydrogen-bond acceptors (Lipinski definition) is 6. The number of ether oxygens (including phenoxy) is 1. The molecule has 1 amide bonds. The molecule has 1 aliphatic heterocycles.